The number of carbonyl (C=O) groups excluding carboxylic acids is 2. The number of unbranched alkanes of at least 4 members (excludes halogenated alkanes) is 3. The summed E-state index contributed by atoms with van der Waals surface area (Å²) in [6.45, 7) is 4.06. The fourth-order valence-corrected chi connectivity index (χ4v) is 3.49. The number of hydrogen-bond donors (Lipinski definition) is 2. The zero-order valence-electron chi connectivity index (χ0n) is 17.3. The molecule has 1 aromatic heterocycles. The second-order valence-electron chi connectivity index (χ2n) is 7.35. The number of aromatic nitrogens is 1. The number of carbonyl (C=O) groups is 2. The number of anilines is 1. The van der Waals surface area contributed by atoms with Gasteiger partial charge in [0.05, 0.1) is 5.52 Å². The maximum absolute atomic E-state index is 13.1. The van der Waals surface area contributed by atoms with Gasteiger partial charge >= 0.3 is 0 Å². The lowest BCUT2D eigenvalue weighted by atomic mass is 10.1. The number of aromatic hydroxyl groups is 1. The van der Waals surface area contributed by atoms with E-state index in [-0.39, 0.29) is 17.1 Å². The zero-order valence-corrected chi connectivity index (χ0v) is 17.3. The summed E-state index contributed by atoms with van der Waals surface area (Å²) in [5.41, 5.74) is 0.779. The SMILES string of the molecule is CCCCCCn1c(=O)c(C(=O)Nc2ccc(C(C)=O)cc2)c(O)c2ccccc21. The monoisotopic (exact) mass is 406 g/mol. The summed E-state index contributed by atoms with van der Waals surface area (Å²) < 4.78 is 1.57. The van der Waals surface area contributed by atoms with Crippen LogP contribution in [0.3, 0.4) is 0 Å². The lowest BCUT2D eigenvalue weighted by molar-refractivity contribution is 0.101. The predicted octanol–water partition coefficient (Wildman–Crippen LogP) is 4.74. The molecule has 6 nitrogen and oxygen atoms in total. The highest BCUT2D eigenvalue weighted by Gasteiger charge is 2.22. The number of amides is 1. The van der Waals surface area contributed by atoms with Crippen molar-refractivity contribution in [3.63, 3.8) is 0 Å². The van der Waals surface area contributed by atoms with Gasteiger partial charge < -0.3 is 15.0 Å². The van der Waals surface area contributed by atoms with E-state index in [1.165, 1.54) is 6.92 Å². The average Bonchev–Trinajstić information content (AvgIpc) is 2.73. The van der Waals surface area contributed by atoms with Crippen LogP contribution in [0.15, 0.2) is 53.3 Å². The average molecular weight is 406 g/mol. The van der Waals surface area contributed by atoms with Crippen LogP contribution in [0.5, 0.6) is 5.75 Å². The number of nitrogens with one attached hydrogen (secondary N) is 1. The summed E-state index contributed by atoms with van der Waals surface area (Å²) in [4.78, 5) is 37.4. The molecule has 0 unspecified atom stereocenters. The molecule has 0 fully saturated rings. The Kier molecular flexibility index (Phi) is 6.67. The number of para-hydroxylation sites is 1. The fourth-order valence-electron chi connectivity index (χ4n) is 3.49. The number of rotatable bonds is 8. The van der Waals surface area contributed by atoms with Crippen LogP contribution in [-0.4, -0.2) is 21.4 Å². The van der Waals surface area contributed by atoms with Gasteiger partial charge in [-0.3, -0.25) is 14.4 Å². The Hall–Kier alpha value is -3.41. The molecule has 0 radical (unpaired) electrons. The van der Waals surface area contributed by atoms with E-state index in [0.29, 0.717) is 28.7 Å². The minimum atomic E-state index is -0.680. The highest BCUT2D eigenvalue weighted by atomic mass is 16.3. The van der Waals surface area contributed by atoms with Crippen LogP contribution >= 0.6 is 0 Å². The number of nitrogens with zero attached hydrogens (tertiary/aromatic N) is 1. The van der Waals surface area contributed by atoms with E-state index < -0.39 is 11.5 Å². The first-order chi connectivity index (χ1) is 14.4. The Bertz CT molecular complexity index is 1130. The van der Waals surface area contributed by atoms with Crippen molar-refractivity contribution in [2.75, 3.05) is 5.32 Å². The van der Waals surface area contributed by atoms with Gasteiger partial charge in [0.15, 0.2) is 5.78 Å². The van der Waals surface area contributed by atoms with Crippen LogP contribution in [0.4, 0.5) is 5.69 Å². The Balaban J connectivity index is 1.98. The number of Topliss-reactive ketones (excluding diaryl/α,β-unsaturated/α-hetero) is 1. The van der Waals surface area contributed by atoms with Gasteiger partial charge in [-0.05, 0) is 49.7 Å². The van der Waals surface area contributed by atoms with Gasteiger partial charge in [0.1, 0.15) is 11.3 Å². The Morgan fingerprint density at radius 3 is 2.37 bits per heavy atom. The molecule has 1 amide bonds. The van der Waals surface area contributed by atoms with Gasteiger partial charge in [0, 0.05) is 23.2 Å². The molecule has 0 saturated heterocycles. The molecule has 156 valence electrons. The molecular weight excluding hydrogens is 380 g/mol. The lowest BCUT2D eigenvalue weighted by Crippen LogP contribution is -2.30. The van der Waals surface area contributed by atoms with Crippen LogP contribution in [-0.2, 0) is 6.54 Å². The second kappa shape index (κ2) is 9.39. The van der Waals surface area contributed by atoms with Crippen LogP contribution in [0, 0.1) is 0 Å². The smallest absolute Gasteiger partial charge is 0.267 e. The Morgan fingerprint density at radius 1 is 1.00 bits per heavy atom. The second-order valence-corrected chi connectivity index (χ2v) is 7.35. The van der Waals surface area contributed by atoms with E-state index in [0.717, 1.165) is 25.7 Å². The van der Waals surface area contributed by atoms with E-state index in [1.807, 2.05) is 0 Å². The van der Waals surface area contributed by atoms with Crippen molar-refractivity contribution in [3.05, 3.63) is 70.0 Å². The first-order valence-electron chi connectivity index (χ1n) is 10.2. The number of fused-ring (bicyclic) bond motifs is 1. The topological polar surface area (TPSA) is 88.4 Å². The number of ketones is 1. The summed E-state index contributed by atoms with van der Waals surface area (Å²) in [6.07, 6.45) is 3.97. The maximum atomic E-state index is 13.1. The van der Waals surface area contributed by atoms with E-state index in [2.05, 4.69) is 12.2 Å². The van der Waals surface area contributed by atoms with Crippen LogP contribution < -0.4 is 10.9 Å². The lowest BCUT2D eigenvalue weighted by Gasteiger charge is -2.15. The molecule has 0 atom stereocenters. The van der Waals surface area contributed by atoms with Crippen LogP contribution in [0.1, 0.15) is 60.2 Å². The molecule has 3 rings (SSSR count). The van der Waals surface area contributed by atoms with Gasteiger partial charge in [-0.2, -0.15) is 0 Å². The van der Waals surface area contributed by atoms with E-state index in [4.69, 9.17) is 0 Å². The number of pyridine rings is 1. The van der Waals surface area contributed by atoms with Crippen LogP contribution in [0.2, 0.25) is 0 Å². The van der Waals surface area contributed by atoms with Gasteiger partial charge in [-0.1, -0.05) is 38.3 Å². The Labute approximate surface area is 175 Å². The summed E-state index contributed by atoms with van der Waals surface area (Å²) in [7, 11) is 0. The third-order valence-electron chi connectivity index (χ3n) is 5.16. The highest BCUT2D eigenvalue weighted by Crippen LogP contribution is 2.27. The quantitative estimate of drug-likeness (QED) is 0.418. The number of benzene rings is 2. The molecule has 0 aliphatic carbocycles. The first kappa shape index (κ1) is 21.3. The van der Waals surface area contributed by atoms with Gasteiger partial charge in [0.2, 0.25) is 0 Å². The molecule has 0 aliphatic rings. The molecule has 0 bridgehead atoms. The van der Waals surface area contributed by atoms with Gasteiger partial charge in [0.25, 0.3) is 11.5 Å². The van der Waals surface area contributed by atoms with Crippen molar-refractivity contribution in [2.24, 2.45) is 0 Å². The maximum Gasteiger partial charge on any atom is 0.267 e. The molecule has 6 heteroatoms. The van der Waals surface area contributed by atoms with Gasteiger partial charge in [-0.25, -0.2) is 0 Å². The predicted molar refractivity (Wildman–Crippen MR) is 118 cm³/mol. The summed E-state index contributed by atoms with van der Waals surface area (Å²) in [6, 6.07) is 13.4. The summed E-state index contributed by atoms with van der Waals surface area (Å²) >= 11 is 0. The van der Waals surface area contributed by atoms with Crippen molar-refractivity contribution in [2.45, 2.75) is 46.1 Å². The standard InChI is InChI=1S/C24H26N2O4/c1-3-4-5-8-15-26-20-10-7-6-9-19(20)22(28)21(24(26)30)23(29)25-18-13-11-17(12-14-18)16(2)27/h6-7,9-14,28H,3-5,8,15H2,1-2H3,(H,25,29). The molecule has 2 N–H and O–H groups in total. The molecule has 0 saturated carbocycles. The zero-order chi connectivity index (χ0) is 21.7. The molecule has 0 spiro atoms. The van der Waals surface area contributed by atoms with Crippen LogP contribution in [0.25, 0.3) is 10.9 Å². The first-order valence-corrected chi connectivity index (χ1v) is 10.2. The number of aryl methyl sites for hydroxylation is 1. The fraction of sp³-hybridized carbons (Fsp3) is 0.292. The van der Waals surface area contributed by atoms with Crippen molar-refractivity contribution >= 4 is 28.3 Å². The van der Waals surface area contributed by atoms with Crippen molar-refractivity contribution in [1.82, 2.24) is 4.57 Å². The Morgan fingerprint density at radius 2 is 1.70 bits per heavy atom. The van der Waals surface area contributed by atoms with Gasteiger partial charge in [-0.15, -0.1) is 0 Å². The number of hydrogen-bond acceptors (Lipinski definition) is 4. The highest BCUT2D eigenvalue weighted by molar-refractivity contribution is 6.09. The minimum absolute atomic E-state index is 0.0778. The third-order valence-corrected chi connectivity index (χ3v) is 5.16. The van der Waals surface area contributed by atoms with E-state index in [9.17, 15) is 19.5 Å². The van der Waals surface area contributed by atoms with Crippen molar-refractivity contribution < 1.29 is 14.7 Å². The summed E-state index contributed by atoms with van der Waals surface area (Å²) in [5, 5.41) is 13.8. The van der Waals surface area contributed by atoms with Crippen molar-refractivity contribution in [1.29, 1.82) is 0 Å². The van der Waals surface area contributed by atoms with E-state index >= 15 is 0 Å². The largest absolute Gasteiger partial charge is 0.506 e. The van der Waals surface area contributed by atoms with E-state index in [1.54, 1.807) is 53.1 Å². The minimum Gasteiger partial charge on any atom is -0.506 e. The molecule has 1 heterocycles. The normalized spacial score (nSPS) is 10.9. The molecule has 0 aliphatic heterocycles. The molecule has 30 heavy (non-hydrogen) atoms. The molecule has 3 aromatic rings. The molecular formula is C24H26N2O4. The summed E-state index contributed by atoms with van der Waals surface area (Å²) in [5.74, 6) is -1.08. The third kappa shape index (κ3) is 4.43. The molecule has 2 aromatic carbocycles. The van der Waals surface area contributed by atoms with Crippen molar-refractivity contribution in [3.8, 4) is 5.75 Å².